The van der Waals surface area contributed by atoms with Crippen LogP contribution in [0.25, 0.3) is 0 Å². The van der Waals surface area contributed by atoms with Crippen molar-refractivity contribution in [2.24, 2.45) is 0 Å². The molecule has 0 saturated carbocycles. The van der Waals surface area contributed by atoms with Gasteiger partial charge in [0.2, 0.25) is 0 Å². The van der Waals surface area contributed by atoms with Gasteiger partial charge in [-0.3, -0.25) is 0 Å². The molecular formula is C14H21NO3. The molecule has 4 nitrogen and oxygen atoms in total. The first-order chi connectivity index (χ1) is 8.77. The van der Waals surface area contributed by atoms with Gasteiger partial charge in [-0.1, -0.05) is 0 Å². The summed E-state index contributed by atoms with van der Waals surface area (Å²) in [5.74, 6) is -0.285. The molecule has 0 spiro atoms. The van der Waals surface area contributed by atoms with Gasteiger partial charge in [-0.2, -0.15) is 0 Å². The van der Waals surface area contributed by atoms with Gasteiger partial charge in [0.15, 0.2) is 0 Å². The third kappa shape index (κ3) is 5.19. The molecular weight excluding hydrogens is 230 g/mol. The van der Waals surface area contributed by atoms with Crippen molar-refractivity contribution in [2.45, 2.75) is 26.2 Å². The van der Waals surface area contributed by atoms with Crippen molar-refractivity contribution < 1.29 is 14.6 Å². The minimum absolute atomic E-state index is 0.258. The molecule has 1 rings (SSSR count). The Hall–Kier alpha value is -1.55. The number of nitrogens with one attached hydrogen (secondary N) is 1. The summed E-state index contributed by atoms with van der Waals surface area (Å²) in [6, 6.07) is 7.26. The number of ether oxygens (including phenoxy) is 1. The Labute approximate surface area is 108 Å². The van der Waals surface area contributed by atoms with Crippen LogP contribution < -0.4 is 5.32 Å². The highest BCUT2D eigenvalue weighted by Gasteiger charge is 2.04. The van der Waals surface area contributed by atoms with Crippen LogP contribution in [0.3, 0.4) is 0 Å². The second kappa shape index (κ2) is 8.53. The zero-order valence-electron chi connectivity index (χ0n) is 10.8. The maximum atomic E-state index is 11.4. The van der Waals surface area contributed by atoms with Crippen molar-refractivity contribution in [1.82, 2.24) is 0 Å². The van der Waals surface area contributed by atoms with Gasteiger partial charge in [0.05, 0.1) is 12.2 Å². The average Bonchev–Trinajstić information content (AvgIpc) is 2.39. The minimum atomic E-state index is -0.285. The number of unbranched alkanes of at least 4 members (excludes halogenated alkanes) is 2. The van der Waals surface area contributed by atoms with E-state index >= 15 is 0 Å². The van der Waals surface area contributed by atoms with Gasteiger partial charge >= 0.3 is 5.97 Å². The lowest BCUT2D eigenvalue weighted by molar-refractivity contribution is 0.0526. The molecule has 0 unspecified atom stereocenters. The molecule has 0 bridgehead atoms. The molecule has 100 valence electrons. The Bertz CT molecular complexity index is 349. The van der Waals surface area contributed by atoms with E-state index in [9.17, 15) is 4.79 Å². The first-order valence-electron chi connectivity index (χ1n) is 6.40. The van der Waals surface area contributed by atoms with Crippen LogP contribution in [0.2, 0.25) is 0 Å². The number of aliphatic hydroxyl groups excluding tert-OH is 1. The fourth-order valence-corrected chi connectivity index (χ4v) is 1.58. The summed E-state index contributed by atoms with van der Waals surface area (Å²) in [5, 5.41) is 11.9. The molecule has 4 heteroatoms. The normalized spacial score (nSPS) is 10.1. The first-order valence-corrected chi connectivity index (χ1v) is 6.40. The standard InChI is InChI=1S/C14H21NO3/c1-2-18-14(17)12-6-8-13(9-7-12)15-10-4-3-5-11-16/h6-9,15-16H,2-5,10-11H2,1H3. The maximum Gasteiger partial charge on any atom is 0.338 e. The van der Waals surface area contributed by atoms with E-state index in [1.807, 2.05) is 12.1 Å². The van der Waals surface area contributed by atoms with Crippen LogP contribution in [0.15, 0.2) is 24.3 Å². The number of esters is 1. The van der Waals surface area contributed by atoms with Crippen molar-refractivity contribution in [1.29, 1.82) is 0 Å². The Kier molecular flexibility index (Phi) is 6.87. The van der Waals surface area contributed by atoms with Crippen molar-refractivity contribution in [3.63, 3.8) is 0 Å². The van der Waals surface area contributed by atoms with Crippen LogP contribution in [-0.2, 0) is 4.74 Å². The number of hydrogen-bond acceptors (Lipinski definition) is 4. The number of carbonyl (C=O) groups excluding carboxylic acids is 1. The van der Waals surface area contributed by atoms with Crippen LogP contribution in [0.4, 0.5) is 5.69 Å². The summed E-state index contributed by atoms with van der Waals surface area (Å²) in [7, 11) is 0. The molecule has 0 heterocycles. The average molecular weight is 251 g/mol. The highest BCUT2D eigenvalue weighted by atomic mass is 16.5. The maximum absolute atomic E-state index is 11.4. The van der Waals surface area contributed by atoms with E-state index in [1.165, 1.54) is 0 Å². The fraction of sp³-hybridized carbons (Fsp3) is 0.500. The van der Waals surface area contributed by atoms with Gasteiger partial charge in [-0.25, -0.2) is 4.79 Å². The molecule has 0 amide bonds. The smallest absolute Gasteiger partial charge is 0.338 e. The third-order valence-corrected chi connectivity index (χ3v) is 2.56. The lowest BCUT2D eigenvalue weighted by Crippen LogP contribution is -2.05. The quantitative estimate of drug-likeness (QED) is 0.550. The highest BCUT2D eigenvalue weighted by molar-refractivity contribution is 5.89. The van der Waals surface area contributed by atoms with Gasteiger partial charge in [0.25, 0.3) is 0 Å². The zero-order valence-corrected chi connectivity index (χ0v) is 10.8. The van der Waals surface area contributed by atoms with Gasteiger partial charge < -0.3 is 15.2 Å². The Morgan fingerprint density at radius 1 is 1.22 bits per heavy atom. The Balaban J connectivity index is 2.33. The molecule has 0 aliphatic carbocycles. The van der Waals surface area contributed by atoms with Crippen molar-refractivity contribution in [2.75, 3.05) is 25.1 Å². The number of anilines is 1. The summed E-state index contributed by atoms with van der Waals surface area (Å²) >= 11 is 0. The molecule has 0 fully saturated rings. The lowest BCUT2D eigenvalue weighted by Gasteiger charge is -2.07. The molecule has 0 atom stereocenters. The topological polar surface area (TPSA) is 58.6 Å². The zero-order chi connectivity index (χ0) is 13.2. The second-order valence-corrected chi connectivity index (χ2v) is 4.01. The van der Waals surface area contributed by atoms with Crippen LogP contribution in [-0.4, -0.2) is 30.8 Å². The van der Waals surface area contributed by atoms with Crippen molar-refractivity contribution >= 4 is 11.7 Å². The number of carbonyl (C=O) groups is 1. The second-order valence-electron chi connectivity index (χ2n) is 4.01. The molecule has 0 aliphatic rings. The van der Waals surface area contributed by atoms with Crippen molar-refractivity contribution in [3.05, 3.63) is 29.8 Å². The number of aliphatic hydroxyl groups is 1. The van der Waals surface area contributed by atoms with Crippen LogP contribution >= 0.6 is 0 Å². The van der Waals surface area contributed by atoms with E-state index in [0.717, 1.165) is 31.5 Å². The molecule has 2 N–H and O–H groups in total. The summed E-state index contributed by atoms with van der Waals surface area (Å²) in [4.78, 5) is 11.4. The molecule has 0 saturated heterocycles. The van der Waals surface area contributed by atoms with Gasteiger partial charge in [-0.15, -0.1) is 0 Å². The molecule has 1 aromatic carbocycles. The van der Waals surface area contributed by atoms with Gasteiger partial charge in [0.1, 0.15) is 0 Å². The predicted octanol–water partition coefficient (Wildman–Crippen LogP) is 2.44. The molecule has 0 radical (unpaired) electrons. The third-order valence-electron chi connectivity index (χ3n) is 2.56. The monoisotopic (exact) mass is 251 g/mol. The van der Waals surface area contributed by atoms with E-state index < -0.39 is 0 Å². The predicted molar refractivity (Wildman–Crippen MR) is 71.8 cm³/mol. The van der Waals surface area contributed by atoms with Gasteiger partial charge in [0, 0.05) is 18.8 Å². The first kappa shape index (κ1) is 14.5. The van der Waals surface area contributed by atoms with Gasteiger partial charge in [-0.05, 0) is 50.5 Å². The van der Waals surface area contributed by atoms with Crippen LogP contribution in [0, 0.1) is 0 Å². The SMILES string of the molecule is CCOC(=O)c1ccc(NCCCCCO)cc1. The summed E-state index contributed by atoms with van der Waals surface area (Å²) < 4.78 is 4.91. The summed E-state index contributed by atoms with van der Waals surface area (Å²) in [6.45, 7) is 3.32. The number of rotatable bonds is 8. The largest absolute Gasteiger partial charge is 0.462 e. The van der Waals surface area contributed by atoms with Crippen LogP contribution in [0.5, 0.6) is 0 Å². The Morgan fingerprint density at radius 2 is 1.94 bits per heavy atom. The highest BCUT2D eigenvalue weighted by Crippen LogP contribution is 2.10. The molecule has 18 heavy (non-hydrogen) atoms. The van der Waals surface area contributed by atoms with E-state index in [4.69, 9.17) is 9.84 Å². The Morgan fingerprint density at radius 3 is 2.56 bits per heavy atom. The summed E-state index contributed by atoms with van der Waals surface area (Å²) in [6.07, 6.45) is 2.90. The molecule has 1 aromatic rings. The van der Waals surface area contributed by atoms with E-state index in [0.29, 0.717) is 12.2 Å². The van der Waals surface area contributed by atoms with E-state index in [-0.39, 0.29) is 12.6 Å². The lowest BCUT2D eigenvalue weighted by atomic mass is 10.2. The molecule has 0 aromatic heterocycles. The van der Waals surface area contributed by atoms with E-state index in [1.54, 1.807) is 19.1 Å². The minimum Gasteiger partial charge on any atom is -0.462 e. The fourth-order valence-electron chi connectivity index (χ4n) is 1.58. The number of benzene rings is 1. The van der Waals surface area contributed by atoms with Crippen molar-refractivity contribution in [3.8, 4) is 0 Å². The summed E-state index contributed by atoms with van der Waals surface area (Å²) in [5.41, 5.74) is 1.56. The van der Waals surface area contributed by atoms with Crippen LogP contribution in [0.1, 0.15) is 36.5 Å². The number of hydrogen-bond donors (Lipinski definition) is 2. The molecule has 0 aliphatic heterocycles. The van der Waals surface area contributed by atoms with E-state index in [2.05, 4.69) is 5.32 Å².